The van der Waals surface area contributed by atoms with E-state index in [2.05, 4.69) is 104 Å². The maximum Gasteiger partial charge on any atom is 0.0730 e. The first kappa shape index (κ1) is 23.0. The lowest BCUT2D eigenvalue weighted by molar-refractivity contribution is 0.416. The van der Waals surface area contributed by atoms with Gasteiger partial charge in [0.15, 0.2) is 0 Å². The van der Waals surface area contributed by atoms with Crippen molar-refractivity contribution in [3.05, 3.63) is 72.8 Å². The van der Waals surface area contributed by atoms with Crippen LogP contribution in [0.5, 0.6) is 0 Å². The smallest absolute Gasteiger partial charge is 0.0730 e. The van der Waals surface area contributed by atoms with E-state index in [9.17, 15) is 0 Å². The van der Waals surface area contributed by atoms with Gasteiger partial charge in [0.1, 0.15) is 0 Å². The summed E-state index contributed by atoms with van der Waals surface area (Å²) in [6, 6.07) is 25.7. The van der Waals surface area contributed by atoms with Gasteiger partial charge in [0, 0.05) is 36.8 Å². The molecule has 1 aromatic heterocycles. The molecule has 0 aliphatic carbocycles. The minimum atomic E-state index is 0. The number of fused-ring (bicyclic) bond motifs is 2. The minimum Gasteiger partial charge on any atom is -0.373 e. The van der Waals surface area contributed by atoms with Crippen molar-refractivity contribution >= 4 is 52.2 Å². The van der Waals surface area contributed by atoms with Crippen LogP contribution in [-0.2, 0) is 0 Å². The largest absolute Gasteiger partial charge is 0.373 e. The van der Waals surface area contributed by atoms with Crippen LogP contribution in [0.2, 0.25) is 0 Å². The summed E-state index contributed by atoms with van der Waals surface area (Å²) < 4.78 is 0. The molecule has 0 spiro atoms. The van der Waals surface area contributed by atoms with Crippen LogP contribution in [-0.4, -0.2) is 44.1 Å². The Bertz CT molecular complexity index is 1100. The first-order chi connectivity index (χ1) is 13.1. The average Bonchev–Trinajstić information content (AvgIpc) is 2.70. The van der Waals surface area contributed by atoms with Crippen LogP contribution in [0.25, 0.3) is 32.9 Å². The number of rotatable bonds is 5. The van der Waals surface area contributed by atoms with E-state index in [1.807, 2.05) is 0 Å². The van der Waals surface area contributed by atoms with Crippen LogP contribution in [0.1, 0.15) is 0 Å². The van der Waals surface area contributed by atoms with E-state index in [-0.39, 0.29) is 24.8 Å². The molecule has 5 heteroatoms. The first-order valence-corrected chi connectivity index (χ1v) is 9.37. The number of hydrogen-bond acceptors (Lipinski definition) is 3. The number of anilines is 1. The summed E-state index contributed by atoms with van der Waals surface area (Å²) in [7, 11) is 6.38. The monoisotopic (exact) mass is 427 g/mol. The standard InChI is InChI=1S/C24H25N3.2ClH/c1-26(2)14-15-27(3)24-17-23(25-22-11-7-6-10-21(22)24)20-13-12-18-8-4-5-9-19(18)16-20;;/h4-13,16-17H,14-15H2,1-3H3;2*1H. The molecule has 0 aliphatic rings. The van der Waals surface area contributed by atoms with Crippen LogP contribution in [0.3, 0.4) is 0 Å². The normalized spacial score (nSPS) is 10.6. The number of para-hydroxylation sites is 1. The quantitative estimate of drug-likeness (QED) is 0.395. The molecule has 0 radical (unpaired) electrons. The Morgan fingerprint density at radius 2 is 1.41 bits per heavy atom. The average molecular weight is 428 g/mol. The van der Waals surface area contributed by atoms with Gasteiger partial charge in [-0.15, -0.1) is 24.8 Å². The molecule has 1 heterocycles. The number of benzene rings is 3. The zero-order valence-corrected chi connectivity index (χ0v) is 18.6. The Labute approximate surface area is 185 Å². The lowest BCUT2D eigenvalue weighted by Gasteiger charge is -2.23. The molecule has 0 amide bonds. The van der Waals surface area contributed by atoms with Crippen molar-refractivity contribution in [3.63, 3.8) is 0 Å². The zero-order valence-electron chi connectivity index (χ0n) is 17.0. The van der Waals surface area contributed by atoms with Crippen molar-refractivity contribution in [3.8, 4) is 11.3 Å². The number of aromatic nitrogens is 1. The lowest BCUT2D eigenvalue weighted by atomic mass is 10.0. The second kappa shape index (κ2) is 9.93. The highest BCUT2D eigenvalue weighted by Crippen LogP contribution is 2.31. The molecule has 0 atom stereocenters. The first-order valence-electron chi connectivity index (χ1n) is 9.37. The Kier molecular flexibility index (Phi) is 7.86. The molecule has 0 saturated carbocycles. The van der Waals surface area contributed by atoms with Crippen molar-refractivity contribution in [1.29, 1.82) is 0 Å². The molecular weight excluding hydrogens is 401 g/mol. The van der Waals surface area contributed by atoms with E-state index < -0.39 is 0 Å². The third-order valence-corrected chi connectivity index (χ3v) is 5.03. The van der Waals surface area contributed by atoms with Crippen LogP contribution < -0.4 is 4.90 Å². The molecule has 29 heavy (non-hydrogen) atoms. The predicted octanol–water partition coefficient (Wildman–Crippen LogP) is 5.90. The van der Waals surface area contributed by atoms with E-state index >= 15 is 0 Å². The molecule has 152 valence electrons. The van der Waals surface area contributed by atoms with Gasteiger partial charge in [0.2, 0.25) is 0 Å². The molecule has 0 saturated heterocycles. The molecule has 3 nitrogen and oxygen atoms in total. The number of hydrogen-bond donors (Lipinski definition) is 0. The molecule has 4 aromatic rings. The SMILES string of the molecule is CN(C)CCN(C)c1cc(-c2ccc3ccccc3c2)nc2ccccc12.Cl.Cl. The van der Waals surface area contributed by atoms with E-state index in [0.29, 0.717) is 0 Å². The molecule has 0 bridgehead atoms. The maximum absolute atomic E-state index is 4.95. The number of nitrogens with zero attached hydrogens (tertiary/aromatic N) is 3. The fourth-order valence-electron chi connectivity index (χ4n) is 3.44. The molecule has 0 fully saturated rings. The van der Waals surface area contributed by atoms with Gasteiger partial charge in [-0.05, 0) is 43.1 Å². The predicted molar refractivity (Wildman–Crippen MR) is 131 cm³/mol. The van der Waals surface area contributed by atoms with Crippen molar-refractivity contribution < 1.29 is 0 Å². The summed E-state index contributed by atoms with van der Waals surface area (Å²) in [5, 5.41) is 3.70. The fourth-order valence-corrected chi connectivity index (χ4v) is 3.44. The Morgan fingerprint density at radius 3 is 2.17 bits per heavy atom. The van der Waals surface area contributed by atoms with Crippen molar-refractivity contribution in [1.82, 2.24) is 9.88 Å². The van der Waals surface area contributed by atoms with Crippen molar-refractivity contribution in [2.75, 3.05) is 39.1 Å². The molecule has 0 N–H and O–H groups in total. The summed E-state index contributed by atoms with van der Waals surface area (Å²) in [5.41, 5.74) is 4.44. The maximum atomic E-state index is 4.95. The molecular formula is C24H27Cl2N3. The highest BCUT2D eigenvalue weighted by atomic mass is 35.5. The summed E-state index contributed by atoms with van der Waals surface area (Å²) in [4.78, 5) is 9.49. The summed E-state index contributed by atoms with van der Waals surface area (Å²) in [6.07, 6.45) is 0. The number of halogens is 2. The van der Waals surface area contributed by atoms with E-state index in [4.69, 9.17) is 4.98 Å². The summed E-state index contributed by atoms with van der Waals surface area (Å²) in [5.74, 6) is 0. The highest BCUT2D eigenvalue weighted by Gasteiger charge is 2.11. The van der Waals surface area contributed by atoms with Crippen LogP contribution in [0.4, 0.5) is 5.69 Å². The molecule has 0 unspecified atom stereocenters. The molecule has 0 aliphatic heterocycles. The van der Waals surface area contributed by atoms with Gasteiger partial charge < -0.3 is 9.80 Å². The Balaban J connectivity index is 0.00000150. The van der Waals surface area contributed by atoms with Gasteiger partial charge in [0.25, 0.3) is 0 Å². The second-order valence-corrected chi connectivity index (χ2v) is 7.33. The minimum absolute atomic E-state index is 0. The number of pyridine rings is 1. The molecule has 4 rings (SSSR count). The van der Waals surface area contributed by atoms with Crippen molar-refractivity contribution in [2.45, 2.75) is 0 Å². The summed E-state index contributed by atoms with van der Waals surface area (Å²) >= 11 is 0. The van der Waals surface area contributed by atoms with E-state index in [1.165, 1.54) is 21.8 Å². The van der Waals surface area contributed by atoms with Crippen molar-refractivity contribution in [2.24, 2.45) is 0 Å². The number of likely N-dealkylation sites (N-methyl/N-ethyl adjacent to an activating group) is 2. The van der Waals surface area contributed by atoms with E-state index in [1.54, 1.807) is 0 Å². The third kappa shape index (κ3) is 4.99. The summed E-state index contributed by atoms with van der Waals surface area (Å²) in [6.45, 7) is 1.98. The Morgan fingerprint density at radius 1 is 0.724 bits per heavy atom. The zero-order chi connectivity index (χ0) is 18.8. The fraction of sp³-hybridized carbons (Fsp3) is 0.208. The Hall–Kier alpha value is -2.33. The van der Waals surface area contributed by atoms with Gasteiger partial charge in [0.05, 0.1) is 11.2 Å². The van der Waals surface area contributed by atoms with Gasteiger partial charge in [-0.1, -0.05) is 54.6 Å². The second-order valence-electron chi connectivity index (χ2n) is 7.33. The lowest BCUT2D eigenvalue weighted by Crippen LogP contribution is -2.28. The van der Waals surface area contributed by atoms with Gasteiger partial charge in [-0.3, -0.25) is 0 Å². The van der Waals surface area contributed by atoms with E-state index in [0.717, 1.165) is 29.9 Å². The van der Waals surface area contributed by atoms with Crippen LogP contribution in [0, 0.1) is 0 Å². The third-order valence-electron chi connectivity index (χ3n) is 5.03. The molecule has 3 aromatic carbocycles. The highest BCUT2D eigenvalue weighted by molar-refractivity contribution is 5.95. The van der Waals surface area contributed by atoms with Crippen LogP contribution in [0.15, 0.2) is 72.8 Å². The van der Waals surface area contributed by atoms with Gasteiger partial charge >= 0.3 is 0 Å². The topological polar surface area (TPSA) is 19.4 Å². The van der Waals surface area contributed by atoms with Crippen LogP contribution >= 0.6 is 24.8 Å². The van der Waals surface area contributed by atoms with Gasteiger partial charge in [-0.2, -0.15) is 0 Å². The van der Waals surface area contributed by atoms with Gasteiger partial charge in [-0.25, -0.2) is 4.98 Å².